The molecule has 0 aliphatic carbocycles. The molecular formula is C8H19NO2. The Balaban J connectivity index is 3.99. The van der Waals surface area contributed by atoms with Gasteiger partial charge < -0.3 is 14.8 Å². The number of ether oxygens (including phenoxy) is 2. The minimum atomic E-state index is -0.176. The molecule has 0 rings (SSSR count). The predicted molar refractivity (Wildman–Crippen MR) is 45.8 cm³/mol. The highest BCUT2D eigenvalue weighted by Crippen LogP contribution is 2.13. The summed E-state index contributed by atoms with van der Waals surface area (Å²) in [5, 5.41) is 3.14. The van der Waals surface area contributed by atoms with Crippen LogP contribution in [-0.2, 0) is 9.47 Å². The number of hydrogen-bond donors (Lipinski definition) is 1. The molecule has 0 aliphatic rings. The highest BCUT2D eigenvalue weighted by atomic mass is 16.5. The average molecular weight is 161 g/mol. The van der Waals surface area contributed by atoms with Crippen LogP contribution in [0.4, 0.5) is 0 Å². The molecule has 1 atom stereocenters. The lowest BCUT2D eigenvalue weighted by Crippen LogP contribution is -2.49. The summed E-state index contributed by atoms with van der Waals surface area (Å²) >= 11 is 0. The summed E-state index contributed by atoms with van der Waals surface area (Å²) in [5.74, 6) is 0. The van der Waals surface area contributed by atoms with Crippen molar-refractivity contribution in [1.82, 2.24) is 5.32 Å². The number of nitrogens with one attached hydrogen (secondary N) is 1. The van der Waals surface area contributed by atoms with Crippen LogP contribution < -0.4 is 5.32 Å². The SMILES string of the molecule is CNC(COC)C(C)(C)OC. The van der Waals surface area contributed by atoms with E-state index in [2.05, 4.69) is 5.32 Å². The van der Waals surface area contributed by atoms with Gasteiger partial charge in [-0.05, 0) is 20.9 Å². The molecule has 0 fully saturated rings. The number of methoxy groups -OCH3 is 2. The fraction of sp³-hybridized carbons (Fsp3) is 1.00. The van der Waals surface area contributed by atoms with E-state index < -0.39 is 0 Å². The first kappa shape index (κ1) is 10.9. The normalized spacial score (nSPS) is 15.0. The summed E-state index contributed by atoms with van der Waals surface area (Å²) in [6, 6.07) is 0.234. The second kappa shape index (κ2) is 4.70. The molecule has 68 valence electrons. The molecule has 3 nitrogen and oxygen atoms in total. The molecule has 0 saturated carbocycles. The monoisotopic (exact) mass is 161 g/mol. The maximum Gasteiger partial charge on any atom is 0.0797 e. The Kier molecular flexibility index (Phi) is 4.65. The van der Waals surface area contributed by atoms with E-state index in [1.165, 1.54) is 0 Å². The maximum absolute atomic E-state index is 5.30. The summed E-state index contributed by atoms with van der Waals surface area (Å²) in [7, 11) is 5.31. The van der Waals surface area contributed by atoms with Crippen LogP contribution >= 0.6 is 0 Å². The van der Waals surface area contributed by atoms with Gasteiger partial charge in [0.15, 0.2) is 0 Å². The zero-order chi connectivity index (χ0) is 8.91. The molecule has 0 bridgehead atoms. The third kappa shape index (κ3) is 3.18. The fourth-order valence-corrected chi connectivity index (χ4v) is 0.941. The topological polar surface area (TPSA) is 30.5 Å². The third-order valence-electron chi connectivity index (χ3n) is 2.05. The molecule has 11 heavy (non-hydrogen) atoms. The molecule has 0 saturated heterocycles. The van der Waals surface area contributed by atoms with Gasteiger partial charge in [0.2, 0.25) is 0 Å². The van der Waals surface area contributed by atoms with Gasteiger partial charge in [-0.1, -0.05) is 0 Å². The smallest absolute Gasteiger partial charge is 0.0797 e. The van der Waals surface area contributed by atoms with E-state index in [1.807, 2.05) is 20.9 Å². The molecule has 0 aromatic carbocycles. The van der Waals surface area contributed by atoms with E-state index in [4.69, 9.17) is 9.47 Å². The molecule has 0 radical (unpaired) electrons. The first-order valence-corrected chi connectivity index (χ1v) is 3.79. The van der Waals surface area contributed by atoms with Crippen molar-refractivity contribution in [2.24, 2.45) is 0 Å². The molecule has 3 heteroatoms. The van der Waals surface area contributed by atoms with Crippen LogP contribution in [0, 0.1) is 0 Å². The Morgan fingerprint density at radius 2 is 1.91 bits per heavy atom. The van der Waals surface area contributed by atoms with Crippen LogP contribution in [0.2, 0.25) is 0 Å². The Morgan fingerprint density at radius 1 is 1.36 bits per heavy atom. The van der Waals surface area contributed by atoms with Gasteiger partial charge >= 0.3 is 0 Å². The van der Waals surface area contributed by atoms with Crippen LogP contribution in [0.5, 0.6) is 0 Å². The van der Waals surface area contributed by atoms with Gasteiger partial charge in [0, 0.05) is 14.2 Å². The second-order valence-electron chi connectivity index (χ2n) is 3.10. The number of rotatable bonds is 5. The van der Waals surface area contributed by atoms with E-state index in [1.54, 1.807) is 14.2 Å². The first-order valence-electron chi connectivity index (χ1n) is 3.79. The van der Waals surface area contributed by atoms with Crippen molar-refractivity contribution in [2.45, 2.75) is 25.5 Å². The highest BCUT2D eigenvalue weighted by Gasteiger charge is 2.27. The lowest BCUT2D eigenvalue weighted by Gasteiger charge is -2.32. The quantitative estimate of drug-likeness (QED) is 0.642. The minimum Gasteiger partial charge on any atom is -0.383 e. The first-order chi connectivity index (χ1) is 5.08. The third-order valence-corrected chi connectivity index (χ3v) is 2.05. The van der Waals surface area contributed by atoms with Gasteiger partial charge in [0.1, 0.15) is 0 Å². The number of likely N-dealkylation sites (N-methyl/N-ethyl adjacent to an activating group) is 1. The Bertz CT molecular complexity index is 104. The molecule has 0 spiro atoms. The summed E-state index contributed by atoms with van der Waals surface area (Å²) in [6.45, 7) is 4.73. The summed E-state index contributed by atoms with van der Waals surface area (Å²) in [5.41, 5.74) is -0.176. The van der Waals surface area contributed by atoms with Crippen molar-refractivity contribution in [3.8, 4) is 0 Å². The van der Waals surface area contributed by atoms with Crippen molar-refractivity contribution >= 4 is 0 Å². The zero-order valence-electron chi connectivity index (χ0n) is 8.10. The fourth-order valence-electron chi connectivity index (χ4n) is 0.941. The summed E-state index contributed by atoms with van der Waals surface area (Å²) < 4.78 is 10.3. The van der Waals surface area contributed by atoms with Crippen LogP contribution in [0.15, 0.2) is 0 Å². The number of hydrogen-bond acceptors (Lipinski definition) is 3. The van der Waals surface area contributed by atoms with E-state index in [0.717, 1.165) is 0 Å². The summed E-state index contributed by atoms with van der Waals surface area (Å²) in [6.07, 6.45) is 0. The van der Waals surface area contributed by atoms with Crippen LogP contribution in [0.3, 0.4) is 0 Å². The molecule has 1 N–H and O–H groups in total. The lowest BCUT2D eigenvalue weighted by atomic mass is 10.00. The maximum atomic E-state index is 5.30. The van der Waals surface area contributed by atoms with Crippen LogP contribution in [-0.4, -0.2) is 39.5 Å². The molecule has 0 aromatic heterocycles. The second-order valence-corrected chi connectivity index (χ2v) is 3.10. The van der Waals surface area contributed by atoms with Gasteiger partial charge in [-0.25, -0.2) is 0 Å². The van der Waals surface area contributed by atoms with Crippen LogP contribution in [0.1, 0.15) is 13.8 Å². The van der Waals surface area contributed by atoms with Gasteiger partial charge in [0.25, 0.3) is 0 Å². The predicted octanol–water partition coefficient (Wildman–Crippen LogP) is 0.646. The molecule has 0 heterocycles. The van der Waals surface area contributed by atoms with E-state index in [-0.39, 0.29) is 11.6 Å². The average Bonchev–Trinajstić information content (AvgIpc) is 2.00. The summed E-state index contributed by atoms with van der Waals surface area (Å²) in [4.78, 5) is 0. The zero-order valence-corrected chi connectivity index (χ0v) is 8.10. The van der Waals surface area contributed by atoms with Crippen LogP contribution in [0.25, 0.3) is 0 Å². The highest BCUT2D eigenvalue weighted by molar-refractivity contribution is 4.83. The van der Waals surface area contributed by atoms with Crippen molar-refractivity contribution < 1.29 is 9.47 Å². The largest absolute Gasteiger partial charge is 0.383 e. The van der Waals surface area contributed by atoms with Gasteiger partial charge in [-0.15, -0.1) is 0 Å². The van der Waals surface area contributed by atoms with Crippen molar-refractivity contribution in [1.29, 1.82) is 0 Å². The van der Waals surface area contributed by atoms with E-state index >= 15 is 0 Å². The Hall–Kier alpha value is -0.120. The molecule has 1 unspecified atom stereocenters. The lowest BCUT2D eigenvalue weighted by molar-refractivity contribution is -0.0297. The van der Waals surface area contributed by atoms with Crippen molar-refractivity contribution in [3.63, 3.8) is 0 Å². The van der Waals surface area contributed by atoms with Gasteiger partial charge in [-0.2, -0.15) is 0 Å². The molecule has 0 amide bonds. The molecular weight excluding hydrogens is 142 g/mol. The Labute approximate surface area is 69.1 Å². The van der Waals surface area contributed by atoms with Crippen molar-refractivity contribution in [2.75, 3.05) is 27.9 Å². The van der Waals surface area contributed by atoms with E-state index in [0.29, 0.717) is 6.61 Å². The van der Waals surface area contributed by atoms with E-state index in [9.17, 15) is 0 Å². The van der Waals surface area contributed by atoms with Crippen molar-refractivity contribution in [3.05, 3.63) is 0 Å². The standard InChI is InChI=1S/C8H19NO2/c1-8(2,11-5)7(9-3)6-10-4/h7,9H,6H2,1-5H3. The van der Waals surface area contributed by atoms with Gasteiger partial charge in [-0.3, -0.25) is 0 Å². The molecule has 0 aliphatic heterocycles. The Morgan fingerprint density at radius 3 is 2.18 bits per heavy atom. The van der Waals surface area contributed by atoms with Gasteiger partial charge in [0.05, 0.1) is 18.2 Å². The minimum absolute atomic E-state index is 0.176. The molecule has 0 aromatic rings.